The molecule has 0 N–H and O–H groups in total. The average Bonchev–Trinajstić information content (AvgIpc) is 2.97. The molecule has 0 aliphatic carbocycles. The Hall–Kier alpha value is -3.46. The lowest BCUT2D eigenvalue weighted by atomic mass is 10.1. The van der Waals surface area contributed by atoms with Crippen LogP contribution in [0, 0.1) is 0 Å². The van der Waals surface area contributed by atoms with Gasteiger partial charge in [0.05, 0.1) is 25.5 Å². The first-order valence-electron chi connectivity index (χ1n) is 11.7. The number of para-hydroxylation sites is 3. The zero-order chi connectivity index (χ0) is 27.8. The van der Waals surface area contributed by atoms with Gasteiger partial charge in [0.2, 0.25) is 0 Å². The topological polar surface area (TPSA) is 118 Å². The number of esters is 3. The van der Waals surface area contributed by atoms with Gasteiger partial charge in [0.25, 0.3) is 0 Å². The fourth-order valence-corrected chi connectivity index (χ4v) is 3.76. The summed E-state index contributed by atoms with van der Waals surface area (Å²) in [4.78, 5) is 50.4. The Kier molecular flexibility index (Phi) is 9.92. The number of ether oxygens (including phenoxy) is 3. The molecule has 0 atom stereocenters. The first-order valence-corrected chi connectivity index (χ1v) is 14.8. The molecule has 0 spiro atoms. The van der Waals surface area contributed by atoms with E-state index in [1.807, 2.05) is 45.2 Å². The summed E-state index contributed by atoms with van der Waals surface area (Å²) in [6.07, 6.45) is 0.188. The van der Waals surface area contributed by atoms with E-state index in [2.05, 4.69) is 15.0 Å². The van der Waals surface area contributed by atoms with Gasteiger partial charge in [-0.1, -0.05) is 88.5 Å². The third-order valence-electron chi connectivity index (χ3n) is 5.20. The maximum Gasteiger partial charge on any atom is 0.321 e. The zero-order valence-corrected chi connectivity index (χ0v) is 24.9. The summed E-state index contributed by atoms with van der Waals surface area (Å²) < 4.78 is 16.9. The van der Waals surface area contributed by atoms with E-state index >= 15 is 0 Å². The van der Waals surface area contributed by atoms with E-state index in [-0.39, 0.29) is 50.0 Å². The van der Waals surface area contributed by atoms with Crippen LogP contribution in [0.25, 0.3) is 34.2 Å². The molecule has 0 aliphatic rings. The average molecular weight is 749 g/mol. The molecule has 0 bridgehead atoms. The molecule has 0 amide bonds. The monoisotopic (exact) mass is 749 g/mol. The number of hydrogen-bond donors (Lipinski definition) is 0. The van der Waals surface area contributed by atoms with Gasteiger partial charge < -0.3 is 14.2 Å². The normalized spacial score (nSPS) is 10.5. The van der Waals surface area contributed by atoms with Crippen LogP contribution in [0.2, 0.25) is 0 Å². The molecule has 9 nitrogen and oxygen atoms in total. The molecule has 0 radical (unpaired) electrons. The molecule has 0 fully saturated rings. The summed E-state index contributed by atoms with van der Waals surface area (Å²) >= 11 is 3.85. The van der Waals surface area contributed by atoms with E-state index in [1.165, 1.54) is 0 Å². The maximum atomic E-state index is 12.1. The standard InChI is InChI=1S/C28H21I2N3O6/c1-2-23(34)37-20-12-6-3-9-17(20)26-31-27(18-10-4-7-13-21(18)38-24(35)15-29)33-28(32-26)19-11-5-8-14-22(19)39-25(36)16-30/h3-14H,2,15-16H2,1H3. The van der Waals surface area contributed by atoms with Crippen molar-refractivity contribution in [1.29, 1.82) is 0 Å². The lowest BCUT2D eigenvalue weighted by Gasteiger charge is -2.14. The van der Waals surface area contributed by atoms with Crippen LogP contribution in [-0.2, 0) is 14.4 Å². The van der Waals surface area contributed by atoms with Gasteiger partial charge >= 0.3 is 17.9 Å². The predicted molar refractivity (Wildman–Crippen MR) is 161 cm³/mol. The van der Waals surface area contributed by atoms with E-state index in [0.717, 1.165) is 0 Å². The summed E-state index contributed by atoms with van der Waals surface area (Å²) in [5.74, 6) is 0.188. The van der Waals surface area contributed by atoms with Gasteiger partial charge in [0, 0.05) is 6.42 Å². The van der Waals surface area contributed by atoms with Gasteiger partial charge in [-0.05, 0) is 36.4 Å². The minimum atomic E-state index is -0.426. The summed E-state index contributed by atoms with van der Waals surface area (Å²) in [6, 6.07) is 20.7. The van der Waals surface area contributed by atoms with Crippen molar-refractivity contribution >= 4 is 63.1 Å². The summed E-state index contributed by atoms with van der Waals surface area (Å²) in [6.45, 7) is 1.70. The highest BCUT2D eigenvalue weighted by Crippen LogP contribution is 2.35. The van der Waals surface area contributed by atoms with Crippen molar-refractivity contribution in [1.82, 2.24) is 15.0 Å². The van der Waals surface area contributed by atoms with Crippen LogP contribution in [0.4, 0.5) is 0 Å². The molecule has 3 aromatic carbocycles. The van der Waals surface area contributed by atoms with Crippen LogP contribution < -0.4 is 14.2 Å². The maximum absolute atomic E-state index is 12.1. The highest BCUT2D eigenvalue weighted by atomic mass is 127. The second-order valence-electron chi connectivity index (χ2n) is 7.84. The van der Waals surface area contributed by atoms with E-state index in [1.54, 1.807) is 79.7 Å². The molecule has 198 valence electrons. The Morgan fingerprint density at radius 3 is 1.18 bits per heavy atom. The third-order valence-corrected chi connectivity index (χ3v) is 6.44. The summed E-state index contributed by atoms with van der Waals surface area (Å²) in [5, 5.41) is 0. The minimum Gasteiger partial charge on any atom is -0.426 e. The number of carbonyl (C=O) groups excluding carboxylic acids is 3. The number of rotatable bonds is 9. The van der Waals surface area contributed by atoms with Gasteiger partial charge in [-0.3, -0.25) is 14.4 Å². The number of benzene rings is 3. The number of nitrogens with zero attached hydrogens (tertiary/aromatic N) is 3. The van der Waals surface area contributed by atoms with Crippen molar-refractivity contribution < 1.29 is 28.6 Å². The fourth-order valence-electron chi connectivity index (χ4n) is 3.45. The van der Waals surface area contributed by atoms with Crippen molar-refractivity contribution in [3.05, 3.63) is 72.8 Å². The Morgan fingerprint density at radius 2 is 0.872 bits per heavy atom. The summed E-state index contributed by atoms with van der Waals surface area (Å²) in [7, 11) is 0. The first-order chi connectivity index (χ1) is 18.9. The van der Waals surface area contributed by atoms with Gasteiger partial charge in [-0.2, -0.15) is 0 Å². The Bertz CT molecular complexity index is 1340. The second-order valence-corrected chi connectivity index (χ2v) is 9.36. The van der Waals surface area contributed by atoms with Crippen LogP contribution in [0.3, 0.4) is 0 Å². The van der Waals surface area contributed by atoms with Gasteiger partial charge in [0.1, 0.15) is 17.2 Å². The second kappa shape index (κ2) is 13.6. The molecule has 4 rings (SSSR count). The quantitative estimate of drug-likeness (QED) is 0.0897. The number of aromatic nitrogens is 3. The molecule has 4 aromatic rings. The zero-order valence-electron chi connectivity index (χ0n) is 20.6. The van der Waals surface area contributed by atoms with Crippen LogP contribution in [0.5, 0.6) is 17.2 Å². The van der Waals surface area contributed by atoms with Crippen molar-refractivity contribution in [3.8, 4) is 51.4 Å². The van der Waals surface area contributed by atoms with Crippen LogP contribution in [0.15, 0.2) is 72.8 Å². The highest BCUT2D eigenvalue weighted by Gasteiger charge is 2.21. The third kappa shape index (κ3) is 7.15. The Morgan fingerprint density at radius 1 is 0.564 bits per heavy atom. The lowest BCUT2D eigenvalue weighted by molar-refractivity contribution is -0.134. The van der Waals surface area contributed by atoms with Crippen molar-refractivity contribution in [2.45, 2.75) is 13.3 Å². The first kappa shape index (κ1) is 28.5. The number of halogens is 2. The van der Waals surface area contributed by atoms with E-state index < -0.39 is 17.9 Å². The molecule has 1 aromatic heterocycles. The van der Waals surface area contributed by atoms with Crippen molar-refractivity contribution in [3.63, 3.8) is 0 Å². The molecular weight excluding hydrogens is 728 g/mol. The molecule has 0 unspecified atom stereocenters. The smallest absolute Gasteiger partial charge is 0.321 e. The molecule has 1 heterocycles. The molecule has 39 heavy (non-hydrogen) atoms. The van der Waals surface area contributed by atoms with E-state index in [0.29, 0.717) is 16.7 Å². The number of hydrogen-bond acceptors (Lipinski definition) is 9. The van der Waals surface area contributed by atoms with Gasteiger partial charge in [-0.15, -0.1) is 0 Å². The number of alkyl halides is 2. The minimum absolute atomic E-state index is 0.158. The van der Waals surface area contributed by atoms with Crippen LogP contribution in [0.1, 0.15) is 13.3 Å². The summed E-state index contributed by atoms with van der Waals surface area (Å²) in [5.41, 5.74) is 1.35. The largest absolute Gasteiger partial charge is 0.426 e. The van der Waals surface area contributed by atoms with Gasteiger partial charge in [0.15, 0.2) is 17.5 Å². The Balaban J connectivity index is 1.95. The lowest BCUT2D eigenvalue weighted by Crippen LogP contribution is -2.11. The van der Waals surface area contributed by atoms with Crippen molar-refractivity contribution in [2.75, 3.05) is 8.86 Å². The Labute approximate surface area is 251 Å². The van der Waals surface area contributed by atoms with Crippen molar-refractivity contribution in [2.24, 2.45) is 0 Å². The predicted octanol–water partition coefficient (Wildman–Crippen LogP) is 5.87. The van der Waals surface area contributed by atoms with Crippen LogP contribution >= 0.6 is 45.2 Å². The highest BCUT2D eigenvalue weighted by molar-refractivity contribution is 14.1. The van der Waals surface area contributed by atoms with E-state index in [9.17, 15) is 14.4 Å². The molecule has 11 heteroatoms. The van der Waals surface area contributed by atoms with E-state index in [4.69, 9.17) is 14.2 Å². The molecular formula is C28H21I2N3O6. The van der Waals surface area contributed by atoms with Gasteiger partial charge in [-0.25, -0.2) is 15.0 Å². The number of carbonyl (C=O) groups is 3. The SMILES string of the molecule is CCC(=O)Oc1ccccc1-c1nc(-c2ccccc2OC(=O)CI)nc(-c2ccccc2OC(=O)CI)n1. The molecule has 0 aliphatic heterocycles. The molecule has 0 saturated heterocycles. The van der Waals surface area contributed by atoms with Crippen LogP contribution in [-0.4, -0.2) is 41.7 Å². The molecule has 0 saturated carbocycles. The fraction of sp³-hybridized carbons (Fsp3) is 0.143.